The molecule has 0 rings (SSSR count). The van der Waals surface area contributed by atoms with Gasteiger partial charge in [0, 0.05) is 19.3 Å². The summed E-state index contributed by atoms with van der Waals surface area (Å²) in [6.45, 7) is 6.36. The zero-order chi connectivity index (χ0) is 54.3. The maximum absolute atomic E-state index is 12.9. The molecule has 0 N–H and O–H groups in total. The van der Waals surface area contributed by atoms with Crippen molar-refractivity contribution in [3.05, 3.63) is 134 Å². The first-order valence-corrected chi connectivity index (χ1v) is 30.7. The smallest absolute Gasteiger partial charge is 0.306 e. The van der Waals surface area contributed by atoms with Crippen LogP contribution in [0.4, 0.5) is 0 Å². The van der Waals surface area contributed by atoms with E-state index in [1.807, 2.05) is 0 Å². The summed E-state index contributed by atoms with van der Waals surface area (Å²) in [5, 5.41) is 0. The van der Waals surface area contributed by atoms with E-state index < -0.39 is 6.10 Å². The maximum Gasteiger partial charge on any atom is 0.306 e. The minimum absolute atomic E-state index is 0.101. The predicted molar refractivity (Wildman–Crippen MR) is 325 cm³/mol. The topological polar surface area (TPSA) is 78.9 Å². The van der Waals surface area contributed by atoms with Gasteiger partial charge in [0.05, 0.1) is 0 Å². The third-order valence-electron chi connectivity index (χ3n) is 12.7. The Kier molecular flexibility index (Phi) is 58.4. The minimum atomic E-state index is -0.810. The third-order valence-corrected chi connectivity index (χ3v) is 12.7. The Morgan fingerprint density at radius 1 is 0.280 bits per heavy atom. The minimum Gasteiger partial charge on any atom is -0.462 e. The molecule has 1 atom stereocenters. The van der Waals surface area contributed by atoms with Gasteiger partial charge in [-0.3, -0.25) is 14.4 Å². The molecule has 0 radical (unpaired) electrons. The van der Waals surface area contributed by atoms with Gasteiger partial charge in [0.15, 0.2) is 6.10 Å². The van der Waals surface area contributed by atoms with Crippen LogP contribution in [0.2, 0.25) is 0 Å². The number of hydrogen-bond donors (Lipinski definition) is 0. The van der Waals surface area contributed by atoms with Crippen LogP contribution >= 0.6 is 0 Å². The largest absolute Gasteiger partial charge is 0.462 e. The maximum atomic E-state index is 12.9. The molecule has 0 aromatic rings. The molecular formula is C69H112O6. The van der Waals surface area contributed by atoms with Gasteiger partial charge in [-0.1, -0.05) is 270 Å². The van der Waals surface area contributed by atoms with Crippen molar-refractivity contribution in [2.75, 3.05) is 13.2 Å². The van der Waals surface area contributed by atoms with Crippen molar-refractivity contribution in [1.82, 2.24) is 0 Å². The van der Waals surface area contributed by atoms with Gasteiger partial charge < -0.3 is 14.2 Å². The molecule has 424 valence electrons. The molecule has 0 fully saturated rings. The van der Waals surface area contributed by atoms with E-state index in [2.05, 4.69) is 154 Å². The van der Waals surface area contributed by atoms with Gasteiger partial charge >= 0.3 is 17.9 Å². The van der Waals surface area contributed by atoms with Crippen molar-refractivity contribution in [2.24, 2.45) is 0 Å². The van der Waals surface area contributed by atoms with E-state index in [0.717, 1.165) is 122 Å². The average molecular weight is 1040 g/mol. The summed E-state index contributed by atoms with van der Waals surface area (Å²) in [7, 11) is 0. The molecule has 6 nitrogen and oxygen atoms in total. The van der Waals surface area contributed by atoms with Gasteiger partial charge in [0.25, 0.3) is 0 Å². The lowest BCUT2D eigenvalue weighted by atomic mass is 10.0. The molecule has 0 saturated carbocycles. The van der Waals surface area contributed by atoms with Gasteiger partial charge in [0.1, 0.15) is 13.2 Å². The van der Waals surface area contributed by atoms with Crippen LogP contribution in [0, 0.1) is 0 Å². The van der Waals surface area contributed by atoms with Crippen LogP contribution in [0.3, 0.4) is 0 Å². The Bertz CT molecular complexity index is 1620. The van der Waals surface area contributed by atoms with Crippen LogP contribution < -0.4 is 0 Å². The lowest BCUT2D eigenvalue weighted by molar-refractivity contribution is -0.167. The molecule has 0 aromatic heterocycles. The van der Waals surface area contributed by atoms with Crippen molar-refractivity contribution in [3.8, 4) is 0 Å². The molecule has 0 aliphatic heterocycles. The summed E-state index contributed by atoms with van der Waals surface area (Å²) in [5.74, 6) is -0.970. The van der Waals surface area contributed by atoms with Crippen LogP contribution in [-0.4, -0.2) is 37.2 Å². The van der Waals surface area contributed by atoms with Gasteiger partial charge in [0.2, 0.25) is 0 Å². The molecule has 6 heteroatoms. The standard InChI is InChI=1S/C69H112O6/c1-4-7-10-13-16-19-22-25-27-29-31-33-34-36-37-39-41-44-47-50-53-56-59-62-68(71)74-65-66(64-73-67(70)61-58-55-52-49-46-43-24-21-18-15-12-9-6-3)75-69(72)63-60-57-54-51-48-45-42-40-38-35-32-30-28-26-23-20-17-14-11-8-5-2/h7-8,10-11,16-17,19-20,25-28,31-33,35-37,41,44,50,53,66H,4-6,9,12-15,18,21-24,29-30,34,38-40,42-43,45-49,51-52,54-65H2,1-3H3/b10-7-,11-8-,19-16-,20-17-,27-25-,28-26-,33-31-,35-32-,37-36-,44-41-,53-50-. The van der Waals surface area contributed by atoms with Crippen molar-refractivity contribution in [3.63, 3.8) is 0 Å². The molecule has 0 bridgehead atoms. The van der Waals surface area contributed by atoms with Crippen molar-refractivity contribution >= 4 is 17.9 Å². The summed E-state index contributed by atoms with van der Waals surface area (Å²) < 4.78 is 16.8. The lowest BCUT2D eigenvalue weighted by Crippen LogP contribution is -2.30. The van der Waals surface area contributed by atoms with E-state index in [4.69, 9.17) is 14.2 Å². The van der Waals surface area contributed by atoms with Crippen LogP contribution in [-0.2, 0) is 28.6 Å². The Morgan fingerprint density at radius 2 is 0.533 bits per heavy atom. The number of ether oxygens (including phenoxy) is 3. The normalized spacial score (nSPS) is 13.1. The number of unbranched alkanes of at least 4 members (excludes halogenated alkanes) is 21. The summed E-state index contributed by atoms with van der Waals surface area (Å²) >= 11 is 0. The highest BCUT2D eigenvalue weighted by molar-refractivity contribution is 5.71. The highest BCUT2D eigenvalue weighted by Gasteiger charge is 2.19. The van der Waals surface area contributed by atoms with E-state index >= 15 is 0 Å². The van der Waals surface area contributed by atoms with E-state index in [9.17, 15) is 14.4 Å². The summed E-state index contributed by atoms with van der Waals surface area (Å²) in [6.07, 6.45) is 87.3. The van der Waals surface area contributed by atoms with Crippen LogP contribution in [0.25, 0.3) is 0 Å². The van der Waals surface area contributed by atoms with Gasteiger partial charge in [-0.2, -0.15) is 0 Å². The fourth-order valence-electron chi connectivity index (χ4n) is 8.13. The van der Waals surface area contributed by atoms with Crippen molar-refractivity contribution < 1.29 is 28.6 Å². The number of carbonyl (C=O) groups excluding carboxylic acids is 3. The SMILES string of the molecule is CC/C=C\C/C=C\C/C=C\C/C=C\C/C=C\C/C=C\C/C=C\CCCC(=O)OCC(COC(=O)CCCCCCCCCCCCCCC)OC(=O)CCCCCCCCCC/C=C\C/C=C\C/C=C\C/C=C\CC. The molecule has 0 heterocycles. The fourth-order valence-corrected chi connectivity index (χ4v) is 8.13. The molecule has 0 aliphatic carbocycles. The number of esters is 3. The average Bonchev–Trinajstić information content (AvgIpc) is 3.41. The van der Waals surface area contributed by atoms with Gasteiger partial charge in [-0.25, -0.2) is 0 Å². The number of hydrogen-bond acceptors (Lipinski definition) is 6. The van der Waals surface area contributed by atoms with E-state index in [1.165, 1.54) is 96.3 Å². The van der Waals surface area contributed by atoms with Crippen molar-refractivity contribution in [1.29, 1.82) is 0 Å². The molecule has 0 aliphatic rings. The first-order valence-electron chi connectivity index (χ1n) is 30.7. The second kappa shape index (κ2) is 62.1. The second-order valence-electron chi connectivity index (χ2n) is 19.9. The van der Waals surface area contributed by atoms with Crippen LogP contribution in [0.1, 0.15) is 265 Å². The summed E-state index contributed by atoms with van der Waals surface area (Å²) in [5.41, 5.74) is 0. The lowest BCUT2D eigenvalue weighted by Gasteiger charge is -2.18. The van der Waals surface area contributed by atoms with Gasteiger partial charge in [-0.15, -0.1) is 0 Å². The second-order valence-corrected chi connectivity index (χ2v) is 19.9. The molecule has 0 aromatic carbocycles. The third kappa shape index (κ3) is 60.3. The first kappa shape index (κ1) is 70.5. The Morgan fingerprint density at radius 3 is 0.867 bits per heavy atom. The highest BCUT2D eigenvalue weighted by Crippen LogP contribution is 2.15. The summed E-state index contributed by atoms with van der Waals surface area (Å²) in [6, 6.07) is 0. The molecule has 0 amide bonds. The van der Waals surface area contributed by atoms with Crippen LogP contribution in [0.15, 0.2) is 134 Å². The van der Waals surface area contributed by atoms with Crippen molar-refractivity contribution in [2.45, 2.75) is 271 Å². The molecule has 1 unspecified atom stereocenters. The molecular weight excluding hydrogens is 925 g/mol. The predicted octanol–water partition coefficient (Wildman–Crippen LogP) is 21.0. The molecule has 75 heavy (non-hydrogen) atoms. The molecule has 0 spiro atoms. The zero-order valence-corrected chi connectivity index (χ0v) is 48.5. The number of allylic oxidation sites excluding steroid dienone is 22. The Balaban J connectivity index is 4.48. The number of rotatable bonds is 54. The quantitative estimate of drug-likeness (QED) is 0.0261. The highest BCUT2D eigenvalue weighted by atomic mass is 16.6. The van der Waals surface area contributed by atoms with E-state index in [1.54, 1.807) is 0 Å². The van der Waals surface area contributed by atoms with Crippen LogP contribution in [0.5, 0.6) is 0 Å². The monoisotopic (exact) mass is 1040 g/mol. The fraction of sp³-hybridized carbons (Fsp3) is 0.638. The first-order chi connectivity index (χ1) is 37.0. The van der Waals surface area contributed by atoms with E-state index in [-0.39, 0.29) is 37.5 Å². The molecule has 0 saturated heterocycles. The summed E-state index contributed by atoms with van der Waals surface area (Å²) in [4.78, 5) is 38.2. The zero-order valence-electron chi connectivity index (χ0n) is 48.5. The Labute approximate surface area is 462 Å². The number of carbonyl (C=O) groups is 3. The van der Waals surface area contributed by atoms with E-state index in [0.29, 0.717) is 19.3 Å². The van der Waals surface area contributed by atoms with Gasteiger partial charge in [-0.05, 0) is 109 Å². The Hall–Kier alpha value is -4.45.